The topological polar surface area (TPSA) is 68.2 Å². The third kappa shape index (κ3) is 3.97. The quantitative estimate of drug-likeness (QED) is 0.781. The van der Waals surface area contributed by atoms with E-state index in [0.717, 1.165) is 6.54 Å². The van der Waals surface area contributed by atoms with Crippen LogP contribution in [-0.4, -0.2) is 35.2 Å². The summed E-state index contributed by atoms with van der Waals surface area (Å²) in [6, 6.07) is 0. The number of nitrogens with two attached hydrogens (primary N) is 1. The predicted octanol–water partition coefficient (Wildman–Crippen LogP) is 0.795. The van der Waals surface area contributed by atoms with Crippen LogP contribution < -0.4 is 5.73 Å². The number of hydrogen-bond acceptors (Lipinski definition) is 5. The Morgan fingerprint density at radius 2 is 2.13 bits per heavy atom. The van der Waals surface area contributed by atoms with E-state index in [2.05, 4.69) is 28.9 Å². The molecule has 86 valence electrons. The molecule has 0 aliphatic heterocycles. The molecule has 1 aromatic heterocycles. The standard InChI is InChI=1S/C10H20N4O/c1-8-12-9(15-13-8)5-14(4)7-10(2,3)6-11/h5-7,11H2,1-4H3. The Morgan fingerprint density at radius 3 is 2.60 bits per heavy atom. The molecule has 2 N–H and O–H groups in total. The van der Waals surface area contributed by atoms with Crippen LogP contribution in [-0.2, 0) is 6.54 Å². The molecule has 0 fully saturated rings. The second-order valence-corrected chi connectivity index (χ2v) is 4.78. The zero-order valence-corrected chi connectivity index (χ0v) is 9.95. The molecule has 0 bridgehead atoms. The van der Waals surface area contributed by atoms with Crippen LogP contribution in [0.3, 0.4) is 0 Å². The molecule has 0 saturated heterocycles. The molecule has 1 heterocycles. The highest BCUT2D eigenvalue weighted by Gasteiger charge is 2.19. The van der Waals surface area contributed by atoms with E-state index in [-0.39, 0.29) is 5.41 Å². The second-order valence-electron chi connectivity index (χ2n) is 4.78. The number of rotatable bonds is 5. The Hall–Kier alpha value is -0.940. The summed E-state index contributed by atoms with van der Waals surface area (Å²) in [5, 5.41) is 3.75. The summed E-state index contributed by atoms with van der Waals surface area (Å²) < 4.78 is 5.05. The van der Waals surface area contributed by atoms with Gasteiger partial charge in [-0.2, -0.15) is 4.98 Å². The molecule has 0 saturated carbocycles. The first-order valence-corrected chi connectivity index (χ1v) is 5.11. The molecule has 1 aromatic rings. The minimum absolute atomic E-state index is 0.115. The van der Waals surface area contributed by atoms with Gasteiger partial charge in [-0.1, -0.05) is 19.0 Å². The van der Waals surface area contributed by atoms with Crippen molar-refractivity contribution in [2.24, 2.45) is 11.1 Å². The highest BCUT2D eigenvalue weighted by Crippen LogP contribution is 2.14. The maximum Gasteiger partial charge on any atom is 0.240 e. The van der Waals surface area contributed by atoms with Crippen molar-refractivity contribution in [2.45, 2.75) is 27.3 Å². The van der Waals surface area contributed by atoms with Crippen LogP contribution >= 0.6 is 0 Å². The van der Waals surface area contributed by atoms with Gasteiger partial charge in [0.2, 0.25) is 5.89 Å². The van der Waals surface area contributed by atoms with Crippen molar-refractivity contribution in [3.05, 3.63) is 11.7 Å². The van der Waals surface area contributed by atoms with Gasteiger partial charge in [0, 0.05) is 6.54 Å². The number of nitrogens with zero attached hydrogens (tertiary/aromatic N) is 3. The van der Waals surface area contributed by atoms with Gasteiger partial charge in [-0.3, -0.25) is 4.90 Å². The molecule has 0 unspecified atom stereocenters. The van der Waals surface area contributed by atoms with Crippen LogP contribution in [0, 0.1) is 12.3 Å². The first kappa shape index (κ1) is 12.1. The summed E-state index contributed by atoms with van der Waals surface area (Å²) in [5.41, 5.74) is 5.79. The van der Waals surface area contributed by atoms with E-state index in [4.69, 9.17) is 10.3 Å². The van der Waals surface area contributed by atoms with E-state index in [0.29, 0.717) is 24.8 Å². The number of hydrogen-bond donors (Lipinski definition) is 1. The van der Waals surface area contributed by atoms with E-state index in [1.807, 2.05) is 14.0 Å². The summed E-state index contributed by atoms with van der Waals surface area (Å²) in [6.07, 6.45) is 0. The van der Waals surface area contributed by atoms with Crippen LogP contribution in [0.5, 0.6) is 0 Å². The first-order chi connectivity index (χ1) is 6.93. The lowest BCUT2D eigenvalue weighted by Crippen LogP contribution is -2.36. The number of aryl methyl sites for hydroxylation is 1. The van der Waals surface area contributed by atoms with E-state index < -0.39 is 0 Å². The molecule has 15 heavy (non-hydrogen) atoms. The van der Waals surface area contributed by atoms with Crippen LogP contribution in [0.1, 0.15) is 25.6 Å². The lowest BCUT2D eigenvalue weighted by molar-refractivity contribution is 0.189. The van der Waals surface area contributed by atoms with Gasteiger partial charge in [-0.05, 0) is 25.9 Å². The third-order valence-electron chi connectivity index (χ3n) is 2.23. The van der Waals surface area contributed by atoms with Gasteiger partial charge in [-0.25, -0.2) is 0 Å². The van der Waals surface area contributed by atoms with Crippen molar-refractivity contribution in [1.82, 2.24) is 15.0 Å². The summed E-state index contributed by atoms with van der Waals surface area (Å²) >= 11 is 0. The summed E-state index contributed by atoms with van der Waals surface area (Å²) in [7, 11) is 2.02. The fourth-order valence-corrected chi connectivity index (χ4v) is 1.49. The predicted molar refractivity (Wildman–Crippen MR) is 58.2 cm³/mol. The fraction of sp³-hybridized carbons (Fsp3) is 0.800. The maximum absolute atomic E-state index is 5.67. The molecule has 0 aliphatic carbocycles. The molecule has 5 nitrogen and oxygen atoms in total. The Kier molecular flexibility index (Phi) is 3.82. The highest BCUT2D eigenvalue weighted by atomic mass is 16.5. The minimum Gasteiger partial charge on any atom is -0.338 e. The Balaban J connectivity index is 2.46. The zero-order chi connectivity index (χ0) is 11.5. The molecule has 0 aliphatic rings. The second kappa shape index (κ2) is 4.72. The molecular formula is C10H20N4O. The fourth-order valence-electron chi connectivity index (χ4n) is 1.49. The maximum atomic E-state index is 5.67. The normalized spacial score (nSPS) is 12.4. The highest BCUT2D eigenvalue weighted by molar-refractivity contribution is 4.83. The SMILES string of the molecule is Cc1noc(CN(C)CC(C)(C)CN)n1. The lowest BCUT2D eigenvalue weighted by atomic mass is 9.93. The van der Waals surface area contributed by atoms with Gasteiger partial charge >= 0.3 is 0 Å². The van der Waals surface area contributed by atoms with Crippen molar-refractivity contribution >= 4 is 0 Å². The van der Waals surface area contributed by atoms with Gasteiger partial charge in [0.25, 0.3) is 0 Å². The van der Waals surface area contributed by atoms with Gasteiger partial charge in [-0.15, -0.1) is 0 Å². The van der Waals surface area contributed by atoms with Crippen LogP contribution in [0.4, 0.5) is 0 Å². The van der Waals surface area contributed by atoms with E-state index >= 15 is 0 Å². The lowest BCUT2D eigenvalue weighted by Gasteiger charge is -2.27. The monoisotopic (exact) mass is 212 g/mol. The smallest absolute Gasteiger partial charge is 0.240 e. The molecule has 0 radical (unpaired) electrons. The van der Waals surface area contributed by atoms with Crippen LogP contribution in [0.2, 0.25) is 0 Å². The minimum atomic E-state index is 0.115. The van der Waals surface area contributed by atoms with E-state index in [9.17, 15) is 0 Å². The largest absolute Gasteiger partial charge is 0.338 e. The van der Waals surface area contributed by atoms with Crippen LogP contribution in [0.25, 0.3) is 0 Å². The van der Waals surface area contributed by atoms with Crippen molar-refractivity contribution in [2.75, 3.05) is 20.1 Å². The molecule has 0 aromatic carbocycles. The number of aromatic nitrogens is 2. The first-order valence-electron chi connectivity index (χ1n) is 5.11. The summed E-state index contributed by atoms with van der Waals surface area (Å²) in [4.78, 5) is 6.29. The van der Waals surface area contributed by atoms with E-state index in [1.54, 1.807) is 0 Å². The third-order valence-corrected chi connectivity index (χ3v) is 2.23. The molecule has 5 heteroatoms. The average molecular weight is 212 g/mol. The van der Waals surface area contributed by atoms with Crippen molar-refractivity contribution in [3.63, 3.8) is 0 Å². The molecular weight excluding hydrogens is 192 g/mol. The van der Waals surface area contributed by atoms with Crippen LogP contribution in [0.15, 0.2) is 4.52 Å². The van der Waals surface area contributed by atoms with Crippen molar-refractivity contribution in [3.8, 4) is 0 Å². The van der Waals surface area contributed by atoms with Crippen molar-refractivity contribution < 1.29 is 4.52 Å². The molecule has 0 amide bonds. The van der Waals surface area contributed by atoms with Crippen molar-refractivity contribution in [1.29, 1.82) is 0 Å². The average Bonchev–Trinajstić information content (AvgIpc) is 2.50. The van der Waals surface area contributed by atoms with Gasteiger partial charge in [0.15, 0.2) is 5.82 Å². The van der Waals surface area contributed by atoms with Gasteiger partial charge < -0.3 is 10.3 Å². The van der Waals surface area contributed by atoms with Gasteiger partial charge in [0.1, 0.15) is 0 Å². The molecule has 0 spiro atoms. The van der Waals surface area contributed by atoms with E-state index in [1.165, 1.54) is 0 Å². The summed E-state index contributed by atoms with van der Waals surface area (Å²) in [6.45, 7) is 8.34. The Labute approximate surface area is 90.6 Å². The zero-order valence-electron chi connectivity index (χ0n) is 9.95. The summed E-state index contributed by atoms with van der Waals surface area (Å²) in [5.74, 6) is 1.33. The molecule has 1 rings (SSSR count). The Morgan fingerprint density at radius 1 is 1.47 bits per heavy atom. The van der Waals surface area contributed by atoms with Gasteiger partial charge in [0.05, 0.1) is 6.54 Å². The Bertz CT molecular complexity index is 308. The molecule has 0 atom stereocenters.